The van der Waals surface area contributed by atoms with E-state index in [0.29, 0.717) is 28.1 Å². The van der Waals surface area contributed by atoms with Crippen LogP contribution in [-0.2, 0) is 0 Å². The summed E-state index contributed by atoms with van der Waals surface area (Å²) in [5.74, 6) is -0.559. The third kappa shape index (κ3) is 15.8. The van der Waals surface area contributed by atoms with Crippen LogP contribution in [0.25, 0.3) is 11.4 Å². The number of halogens is 7. The van der Waals surface area contributed by atoms with Gasteiger partial charge in [0.25, 0.3) is 19.3 Å². The number of benzene rings is 3. The number of aromatic amines is 1. The first-order chi connectivity index (χ1) is 27.7. The van der Waals surface area contributed by atoms with E-state index in [1.165, 1.54) is 80.2 Å². The van der Waals surface area contributed by atoms with Gasteiger partial charge in [-0.2, -0.15) is 15.3 Å². The van der Waals surface area contributed by atoms with Crippen molar-refractivity contribution in [3.8, 4) is 11.4 Å². The second kappa shape index (κ2) is 25.1. The molecule has 0 unspecified atom stereocenters. The van der Waals surface area contributed by atoms with E-state index in [9.17, 15) is 65.3 Å². The van der Waals surface area contributed by atoms with E-state index in [4.69, 9.17) is 5.73 Å². The summed E-state index contributed by atoms with van der Waals surface area (Å²) in [7, 11) is 0. The van der Waals surface area contributed by atoms with Gasteiger partial charge in [0, 0.05) is 99.2 Å². The van der Waals surface area contributed by atoms with Crippen LogP contribution in [0, 0.1) is 57.2 Å². The zero-order valence-electron chi connectivity index (χ0n) is 32.1. The predicted molar refractivity (Wildman–Crippen MR) is 200 cm³/mol. The molecule has 0 fully saturated rings. The number of ketones is 3. The summed E-state index contributed by atoms with van der Waals surface area (Å²) < 4.78 is 88.6. The molecule has 0 bridgehead atoms. The number of nitro groups is 2. The number of nitrogens with one attached hydrogen (secondary N) is 1. The Morgan fingerprint density at radius 1 is 0.639 bits per heavy atom. The monoisotopic (exact) mass is 1110 g/mol. The molecule has 16 nitrogen and oxygen atoms in total. The van der Waals surface area contributed by atoms with Crippen molar-refractivity contribution in [2.75, 3.05) is 5.73 Å². The van der Waals surface area contributed by atoms with Gasteiger partial charge < -0.3 is 5.73 Å². The molecule has 6 aromatic rings. The summed E-state index contributed by atoms with van der Waals surface area (Å²) in [5, 5.41) is 32.9. The van der Waals surface area contributed by atoms with Crippen LogP contribution < -0.4 is 5.73 Å². The Balaban J connectivity index is 0.000000418. The second-order valence-electron chi connectivity index (χ2n) is 11.6. The molecule has 25 heteroatoms. The smallest absolute Gasteiger partial charge is 0.316 e. The summed E-state index contributed by atoms with van der Waals surface area (Å²) in [6.07, 6.45) is -5.63. The van der Waals surface area contributed by atoms with Crippen LogP contribution in [0.3, 0.4) is 0 Å². The molecule has 1 radical (unpaired) electrons. The van der Waals surface area contributed by atoms with Crippen LogP contribution >= 0.6 is 0 Å². The van der Waals surface area contributed by atoms with Crippen LogP contribution in [0.4, 0.5) is 47.8 Å². The quantitative estimate of drug-likeness (QED) is 0.0435. The van der Waals surface area contributed by atoms with Gasteiger partial charge >= 0.3 is 11.4 Å². The van der Waals surface area contributed by atoms with Crippen LogP contribution in [0.5, 0.6) is 0 Å². The summed E-state index contributed by atoms with van der Waals surface area (Å²) in [5.41, 5.74) is 4.35. The number of carbonyl (C=O) groups is 3. The first-order valence-corrected chi connectivity index (χ1v) is 16.3. The molecule has 6 rings (SSSR count). The van der Waals surface area contributed by atoms with E-state index in [0.717, 1.165) is 17.1 Å². The summed E-state index contributed by atoms with van der Waals surface area (Å²) in [6.45, 7) is 4.30. The summed E-state index contributed by atoms with van der Waals surface area (Å²) >= 11 is 0. The van der Waals surface area contributed by atoms with Crippen molar-refractivity contribution < 1.29 is 86.1 Å². The van der Waals surface area contributed by atoms with Crippen LogP contribution in [0.15, 0.2) is 91.4 Å². The molecule has 0 saturated heterocycles. The molecule has 0 saturated carbocycles. The number of nitrogen functional groups attached to an aromatic ring is 1. The largest absolute Gasteiger partial charge is 0.396 e. The van der Waals surface area contributed by atoms with Gasteiger partial charge in [-0.1, -0.05) is 0 Å². The van der Waals surface area contributed by atoms with Gasteiger partial charge in [0.1, 0.15) is 18.2 Å². The molecular formula is C36H30F7KN9O7U. The molecule has 0 aliphatic rings. The fourth-order valence-electron chi connectivity index (χ4n) is 4.49. The maximum absolute atomic E-state index is 12.7. The average molecular weight is 1110 g/mol. The van der Waals surface area contributed by atoms with Crippen LogP contribution in [0.1, 0.15) is 88.2 Å². The van der Waals surface area contributed by atoms with Crippen molar-refractivity contribution in [2.24, 2.45) is 0 Å². The Labute approximate surface area is 406 Å². The SMILES string of the molecule is CC(=O)c1ccc(-n2cc(N)c(C(F)F)n2)cc1.CC(=O)c1ccc(-n2cc([N+](=O)[O-])c(C(F)F)n2)cc1.CC(=O)c1ccc(F)cc1.O=[N+]([O-])c1cn[nH]c1C(F)F.[K].[U]. The van der Waals surface area contributed by atoms with E-state index < -0.39 is 57.6 Å². The minimum Gasteiger partial charge on any atom is -0.396 e. The predicted octanol–water partition coefficient (Wildman–Crippen LogP) is 8.42. The molecule has 61 heavy (non-hydrogen) atoms. The molecule has 0 spiro atoms. The fraction of sp³-hybridized carbons (Fsp3) is 0.167. The van der Waals surface area contributed by atoms with Gasteiger partial charge in [0.15, 0.2) is 28.7 Å². The van der Waals surface area contributed by atoms with Gasteiger partial charge in [-0.3, -0.25) is 39.7 Å². The molecule has 3 aromatic heterocycles. The van der Waals surface area contributed by atoms with E-state index in [1.807, 2.05) is 5.10 Å². The topological polar surface area (TPSA) is 228 Å². The fourth-order valence-corrected chi connectivity index (χ4v) is 4.49. The molecule has 3 N–H and O–H groups in total. The number of nitrogens with zero attached hydrogens (tertiary/aromatic N) is 7. The molecule has 0 aliphatic heterocycles. The number of hydrogen-bond acceptors (Lipinski definition) is 11. The normalized spacial score (nSPS) is 10.2. The number of H-pyrrole nitrogens is 1. The standard InChI is InChI=1S/C12H9F2N3O3.C12H11F2N3O.C8H7FO.C4H3F2N3O2.K.U/c1-7(18)8-2-4-9(5-3-8)16-6-10(17(19)20)11(15-16)12(13)14;1-7(18)8-2-4-9(5-3-8)17-6-10(15)11(16-17)12(13)14;1-6(10)7-2-4-8(9)5-3-7;5-4(6)3-2(9(10)11)1-7-8-3;;/h2-6,12H,1H3;2-6,12H,15H2,1H3;2-5H,1H3;1,4H,(H,7,8);;. The Hall–Kier alpha value is -4.90. The average Bonchev–Trinajstić information content (AvgIpc) is 3.95. The van der Waals surface area contributed by atoms with Crippen LogP contribution in [0.2, 0.25) is 0 Å². The number of alkyl halides is 6. The third-order valence-corrected chi connectivity index (χ3v) is 7.50. The van der Waals surface area contributed by atoms with Gasteiger partial charge in [-0.25, -0.2) is 40.1 Å². The van der Waals surface area contributed by atoms with Crippen molar-refractivity contribution in [1.82, 2.24) is 29.8 Å². The first-order valence-electron chi connectivity index (χ1n) is 16.3. The number of hydrogen-bond donors (Lipinski definition) is 2. The van der Waals surface area contributed by atoms with Crippen molar-refractivity contribution in [3.05, 3.63) is 151 Å². The number of aromatic nitrogens is 6. The minimum absolute atomic E-state index is 0. The van der Waals surface area contributed by atoms with Crippen molar-refractivity contribution in [2.45, 2.75) is 40.0 Å². The van der Waals surface area contributed by atoms with Crippen molar-refractivity contribution in [3.63, 3.8) is 0 Å². The van der Waals surface area contributed by atoms with E-state index >= 15 is 0 Å². The number of Topliss-reactive ketones (excluding diaryl/α,β-unsaturated/α-hetero) is 3. The molecular weight excluding hydrogens is 1080 g/mol. The Morgan fingerprint density at radius 3 is 1.33 bits per heavy atom. The van der Waals surface area contributed by atoms with Gasteiger partial charge in [-0.15, -0.1) is 0 Å². The zero-order chi connectivity index (χ0) is 44.1. The van der Waals surface area contributed by atoms with E-state index in [2.05, 4.69) is 15.3 Å². The van der Waals surface area contributed by atoms with Gasteiger partial charge in [0.05, 0.1) is 33.1 Å². The molecule has 315 valence electrons. The summed E-state index contributed by atoms with van der Waals surface area (Å²) in [4.78, 5) is 51.7. The first kappa shape index (κ1) is 54.1. The Kier molecular flexibility index (Phi) is 22.3. The van der Waals surface area contributed by atoms with Gasteiger partial charge in [0.2, 0.25) is 5.69 Å². The second-order valence-corrected chi connectivity index (χ2v) is 11.6. The van der Waals surface area contributed by atoms with Crippen LogP contribution in [-0.4, -0.2) is 108 Å². The number of anilines is 1. The molecule has 0 aliphatic carbocycles. The maximum atomic E-state index is 12.7. The zero-order valence-corrected chi connectivity index (χ0v) is 39.4. The summed E-state index contributed by atoms with van der Waals surface area (Å²) in [6, 6.07) is 17.9. The van der Waals surface area contributed by atoms with Crippen molar-refractivity contribution in [1.29, 1.82) is 0 Å². The maximum Gasteiger partial charge on any atom is 0.316 e. The Morgan fingerprint density at radius 2 is 1.02 bits per heavy atom. The molecule has 0 amide bonds. The molecule has 3 heterocycles. The van der Waals surface area contributed by atoms with E-state index in [1.54, 1.807) is 24.3 Å². The Bertz CT molecular complexity index is 2410. The number of rotatable bonds is 10. The van der Waals surface area contributed by atoms with E-state index in [-0.39, 0.29) is 111 Å². The molecule has 0 atom stereocenters. The number of nitrogens with two attached hydrogens (primary N) is 1. The third-order valence-electron chi connectivity index (χ3n) is 7.50. The molecule has 3 aromatic carbocycles. The number of carbonyl (C=O) groups excluding carboxylic acids is 3. The van der Waals surface area contributed by atoms with Gasteiger partial charge in [-0.05, 0) is 93.6 Å². The van der Waals surface area contributed by atoms with Crippen molar-refractivity contribution >= 4 is 85.8 Å². The minimum atomic E-state index is -3.03.